The van der Waals surface area contributed by atoms with E-state index in [4.69, 9.17) is 9.15 Å². The molecule has 4 rings (SSSR count). The van der Waals surface area contributed by atoms with Crippen molar-refractivity contribution in [2.24, 2.45) is 0 Å². The Bertz CT molecular complexity index is 1370. The van der Waals surface area contributed by atoms with Crippen molar-refractivity contribution < 1.29 is 18.3 Å². The summed E-state index contributed by atoms with van der Waals surface area (Å²) in [6.45, 7) is 8.79. The van der Waals surface area contributed by atoms with Gasteiger partial charge in [-0.15, -0.1) is 0 Å². The van der Waals surface area contributed by atoms with Gasteiger partial charge in [0, 0.05) is 35.2 Å². The molecule has 5 heteroatoms. The lowest BCUT2D eigenvalue weighted by Gasteiger charge is -2.12. The molecule has 34 heavy (non-hydrogen) atoms. The molecule has 0 aliphatic heterocycles. The molecule has 1 amide bonds. The van der Waals surface area contributed by atoms with Gasteiger partial charge in [0.05, 0.1) is 12.9 Å². The van der Waals surface area contributed by atoms with Crippen molar-refractivity contribution in [3.8, 4) is 16.9 Å². The maximum absolute atomic E-state index is 13.1. The van der Waals surface area contributed by atoms with Gasteiger partial charge in [-0.3, -0.25) is 4.79 Å². The molecule has 0 aliphatic rings. The van der Waals surface area contributed by atoms with Crippen LogP contribution in [0.5, 0.6) is 5.75 Å². The summed E-state index contributed by atoms with van der Waals surface area (Å²) in [5, 5.41) is 3.82. The third-order valence-electron chi connectivity index (χ3n) is 5.80. The first kappa shape index (κ1) is 23.3. The smallest absolute Gasteiger partial charge is 0.244 e. The number of furan rings is 1. The first-order valence-electron chi connectivity index (χ1n) is 11.3. The third-order valence-corrected chi connectivity index (χ3v) is 5.80. The number of nitrogens with one attached hydrogen (secondary N) is 1. The standard InChI is InChI=1S/C29H28FNO3/c1-5-33-27-15-28-25(26(17-34-28)23-11-6-18(2)12-19(23)3)14-24(27)20(4)13-29(32)31-16-21-7-9-22(30)10-8-21/h6-15,17H,5,16H2,1-4H3,(H,31,32)/b20-13+. The summed E-state index contributed by atoms with van der Waals surface area (Å²) < 4.78 is 24.9. The first-order valence-corrected chi connectivity index (χ1v) is 11.3. The van der Waals surface area contributed by atoms with Crippen LogP contribution in [0.1, 0.15) is 36.1 Å². The Balaban J connectivity index is 1.67. The summed E-state index contributed by atoms with van der Waals surface area (Å²) in [6, 6.07) is 16.3. The van der Waals surface area contributed by atoms with Crippen LogP contribution in [0, 0.1) is 19.7 Å². The maximum atomic E-state index is 13.1. The van der Waals surface area contributed by atoms with Gasteiger partial charge in [-0.05, 0) is 68.2 Å². The molecule has 1 aromatic heterocycles. The zero-order chi connectivity index (χ0) is 24.2. The molecule has 0 spiro atoms. The number of amides is 1. The van der Waals surface area contributed by atoms with Gasteiger partial charge in [0.1, 0.15) is 17.1 Å². The van der Waals surface area contributed by atoms with E-state index < -0.39 is 0 Å². The number of fused-ring (bicyclic) bond motifs is 1. The van der Waals surface area contributed by atoms with E-state index in [1.807, 2.05) is 26.0 Å². The molecule has 0 radical (unpaired) electrons. The van der Waals surface area contributed by atoms with Gasteiger partial charge in [0.2, 0.25) is 5.91 Å². The number of benzene rings is 3. The minimum absolute atomic E-state index is 0.230. The fraction of sp³-hybridized carbons (Fsp3) is 0.207. The highest BCUT2D eigenvalue weighted by molar-refractivity contribution is 6.00. The summed E-state index contributed by atoms with van der Waals surface area (Å²) >= 11 is 0. The molecule has 1 N–H and O–H groups in total. The van der Waals surface area contributed by atoms with Crippen LogP contribution in [0.2, 0.25) is 0 Å². The molecule has 0 bridgehead atoms. The van der Waals surface area contributed by atoms with Crippen LogP contribution in [0.25, 0.3) is 27.7 Å². The second kappa shape index (κ2) is 9.96. The Kier molecular flexibility index (Phi) is 6.82. The summed E-state index contributed by atoms with van der Waals surface area (Å²) in [5.41, 5.74) is 7.66. The molecular formula is C29H28FNO3. The molecule has 0 saturated carbocycles. The van der Waals surface area contributed by atoms with Gasteiger partial charge in [-0.2, -0.15) is 0 Å². The summed E-state index contributed by atoms with van der Waals surface area (Å²) in [7, 11) is 0. The van der Waals surface area contributed by atoms with Crippen LogP contribution in [0.4, 0.5) is 4.39 Å². The van der Waals surface area contributed by atoms with Crippen LogP contribution >= 0.6 is 0 Å². The fourth-order valence-corrected chi connectivity index (χ4v) is 4.08. The number of hydrogen-bond donors (Lipinski definition) is 1. The molecule has 4 nitrogen and oxygen atoms in total. The highest BCUT2D eigenvalue weighted by Gasteiger charge is 2.16. The SMILES string of the molecule is CCOc1cc2occ(-c3ccc(C)cc3C)c2cc1/C(C)=C/C(=O)NCc1ccc(F)cc1. The van der Waals surface area contributed by atoms with Crippen molar-refractivity contribution in [2.75, 3.05) is 6.61 Å². The molecule has 0 saturated heterocycles. The van der Waals surface area contributed by atoms with E-state index in [1.54, 1.807) is 24.5 Å². The number of carbonyl (C=O) groups excluding carboxylic acids is 1. The monoisotopic (exact) mass is 457 g/mol. The number of ether oxygens (including phenoxy) is 1. The normalized spacial score (nSPS) is 11.6. The van der Waals surface area contributed by atoms with Gasteiger partial charge < -0.3 is 14.5 Å². The minimum Gasteiger partial charge on any atom is -0.493 e. The van der Waals surface area contributed by atoms with E-state index in [0.717, 1.165) is 38.8 Å². The highest BCUT2D eigenvalue weighted by Crippen LogP contribution is 2.38. The summed E-state index contributed by atoms with van der Waals surface area (Å²) in [6.07, 6.45) is 3.33. The Labute approximate surface area is 199 Å². The summed E-state index contributed by atoms with van der Waals surface area (Å²) in [5.74, 6) is 0.131. The van der Waals surface area contributed by atoms with Crippen molar-refractivity contribution in [1.82, 2.24) is 5.32 Å². The predicted octanol–water partition coefficient (Wildman–Crippen LogP) is 6.97. The van der Waals surface area contributed by atoms with E-state index in [0.29, 0.717) is 18.9 Å². The van der Waals surface area contributed by atoms with Gasteiger partial charge in [0.15, 0.2) is 0 Å². The summed E-state index contributed by atoms with van der Waals surface area (Å²) in [4.78, 5) is 12.6. The topological polar surface area (TPSA) is 51.5 Å². The second-order valence-electron chi connectivity index (χ2n) is 8.42. The number of halogens is 1. The molecule has 3 aromatic carbocycles. The number of aryl methyl sites for hydroxylation is 2. The Morgan fingerprint density at radius 2 is 1.82 bits per heavy atom. The van der Waals surface area contributed by atoms with Gasteiger partial charge in [-0.25, -0.2) is 4.39 Å². The van der Waals surface area contributed by atoms with E-state index in [1.165, 1.54) is 23.3 Å². The van der Waals surface area contributed by atoms with Crippen LogP contribution in [-0.4, -0.2) is 12.5 Å². The molecule has 0 aliphatic carbocycles. The zero-order valence-electron chi connectivity index (χ0n) is 19.9. The largest absolute Gasteiger partial charge is 0.493 e. The molecule has 4 aromatic rings. The van der Waals surface area contributed by atoms with E-state index in [9.17, 15) is 9.18 Å². The van der Waals surface area contributed by atoms with Crippen LogP contribution < -0.4 is 10.1 Å². The average Bonchev–Trinajstić information content (AvgIpc) is 3.21. The third kappa shape index (κ3) is 5.04. The number of rotatable bonds is 7. The number of carbonyl (C=O) groups is 1. The van der Waals surface area contributed by atoms with E-state index in [-0.39, 0.29) is 11.7 Å². The van der Waals surface area contributed by atoms with Crippen molar-refractivity contribution >= 4 is 22.4 Å². The van der Waals surface area contributed by atoms with Crippen LogP contribution in [-0.2, 0) is 11.3 Å². The number of hydrogen-bond acceptors (Lipinski definition) is 3. The Hall–Kier alpha value is -3.86. The van der Waals surface area contributed by atoms with Crippen molar-refractivity contribution in [3.05, 3.63) is 95.0 Å². The van der Waals surface area contributed by atoms with E-state index >= 15 is 0 Å². The van der Waals surface area contributed by atoms with Crippen LogP contribution in [0.3, 0.4) is 0 Å². The molecule has 174 valence electrons. The lowest BCUT2D eigenvalue weighted by molar-refractivity contribution is -0.116. The highest BCUT2D eigenvalue weighted by atomic mass is 19.1. The van der Waals surface area contributed by atoms with Gasteiger partial charge in [0.25, 0.3) is 0 Å². The maximum Gasteiger partial charge on any atom is 0.244 e. The first-order chi connectivity index (χ1) is 16.4. The molecular weight excluding hydrogens is 429 g/mol. The molecule has 0 atom stereocenters. The van der Waals surface area contributed by atoms with Crippen molar-refractivity contribution in [1.29, 1.82) is 0 Å². The average molecular weight is 458 g/mol. The zero-order valence-corrected chi connectivity index (χ0v) is 19.9. The van der Waals surface area contributed by atoms with Gasteiger partial charge in [-0.1, -0.05) is 35.9 Å². The van der Waals surface area contributed by atoms with Crippen LogP contribution in [0.15, 0.2) is 71.4 Å². The lowest BCUT2D eigenvalue weighted by atomic mass is 9.96. The molecule has 1 heterocycles. The second-order valence-corrected chi connectivity index (χ2v) is 8.42. The van der Waals surface area contributed by atoms with Crippen molar-refractivity contribution in [3.63, 3.8) is 0 Å². The Morgan fingerprint density at radius 3 is 2.53 bits per heavy atom. The predicted molar refractivity (Wildman–Crippen MR) is 134 cm³/mol. The Morgan fingerprint density at radius 1 is 1.06 bits per heavy atom. The van der Waals surface area contributed by atoms with Crippen molar-refractivity contribution in [2.45, 2.75) is 34.2 Å². The minimum atomic E-state index is -0.302. The molecule has 0 unspecified atom stereocenters. The fourth-order valence-electron chi connectivity index (χ4n) is 4.08. The number of allylic oxidation sites excluding steroid dienone is 1. The quantitative estimate of drug-likeness (QED) is 0.305. The molecule has 0 fully saturated rings. The van der Waals surface area contributed by atoms with Gasteiger partial charge >= 0.3 is 0 Å². The lowest BCUT2D eigenvalue weighted by Crippen LogP contribution is -2.20. The van der Waals surface area contributed by atoms with E-state index in [2.05, 4.69) is 37.4 Å².